The Kier molecular flexibility index (Phi) is 9.33. The van der Waals surface area contributed by atoms with E-state index in [2.05, 4.69) is 61.4 Å². The number of unbranched alkanes of at least 4 members (excludes halogenated alkanes) is 7. The van der Waals surface area contributed by atoms with Crippen molar-refractivity contribution in [2.24, 2.45) is 0 Å². The molecule has 1 heterocycles. The molecule has 1 heteroatoms. The van der Waals surface area contributed by atoms with E-state index in [1.54, 1.807) is 0 Å². The largest absolute Gasteiger partial charge is 0.256 e. The van der Waals surface area contributed by atoms with Gasteiger partial charge in [-0.05, 0) is 42.9 Å². The highest BCUT2D eigenvalue weighted by Gasteiger charge is 2.01. The van der Waals surface area contributed by atoms with Crippen molar-refractivity contribution in [3.05, 3.63) is 53.7 Å². The average Bonchev–Trinajstić information content (AvgIpc) is 2.66. The molecule has 0 N–H and O–H groups in total. The van der Waals surface area contributed by atoms with Crippen LogP contribution in [0.4, 0.5) is 0 Å². The minimum absolute atomic E-state index is 1.09. The number of hydrogen-bond donors (Lipinski definition) is 0. The topological polar surface area (TPSA) is 12.9 Å². The van der Waals surface area contributed by atoms with Crippen molar-refractivity contribution in [1.29, 1.82) is 0 Å². The maximum Gasteiger partial charge on any atom is 0.0702 e. The van der Waals surface area contributed by atoms with Crippen molar-refractivity contribution in [3.8, 4) is 11.3 Å². The quantitative estimate of drug-likeness (QED) is 0.368. The van der Waals surface area contributed by atoms with Gasteiger partial charge >= 0.3 is 0 Å². The molecule has 2 rings (SSSR count). The zero-order valence-corrected chi connectivity index (χ0v) is 16.3. The lowest BCUT2D eigenvalue weighted by atomic mass is 10.0. The molecule has 0 unspecified atom stereocenters. The molecular formula is C24H35N. The lowest BCUT2D eigenvalue weighted by Crippen LogP contribution is -1.91. The van der Waals surface area contributed by atoms with Crippen molar-refractivity contribution in [2.45, 2.75) is 84.5 Å². The Morgan fingerprint density at radius 2 is 1.16 bits per heavy atom. The highest BCUT2D eigenvalue weighted by atomic mass is 14.7. The molecule has 0 saturated heterocycles. The monoisotopic (exact) mass is 337 g/mol. The van der Waals surface area contributed by atoms with Crippen LogP contribution >= 0.6 is 0 Å². The fraction of sp³-hybridized carbons (Fsp3) is 0.542. The van der Waals surface area contributed by atoms with Gasteiger partial charge in [-0.1, -0.05) is 89.1 Å². The van der Waals surface area contributed by atoms with Gasteiger partial charge in [0.2, 0.25) is 0 Å². The molecule has 0 bridgehead atoms. The predicted octanol–water partition coefficient (Wildman–Crippen LogP) is 7.38. The molecule has 0 spiro atoms. The number of hydrogen-bond acceptors (Lipinski definition) is 1. The summed E-state index contributed by atoms with van der Waals surface area (Å²) >= 11 is 0. The Balaban J connectivity index is 1.79. The van der Waals surface area contributed by atoms with E-state index in [1.807, 2.05) is 0 Å². The molecule has 0 amide bonds. The molecule has 1 nitrogen and oxygen atoms in total. The minimum Gasteiger partial charge on any atom is -0.256 e. The summed E-state index contributed by atoms with van der Waals surface area (Å²) < 4.78 is 0. The van der Waals surface area contributed by atoms with Gasteiger partial charge in [-0.25, -0.2) is 0 Å². The fourth-order valence-electron chi connectivity index (χ4n) is 3.27. The second-order valence-corrected chi connectivity index (χ2v) is 7.22. The second-order valence-electron chi connectivity index (χ2n) is 7.22. The molecule has 136 valence electrons. The van der Waals surface area contributed by atoms with Crippen LogP contribution in [-0.4, -0.2) is 4.98 Å². The molecule has 0 aliphatic carbocycles. The SMILES string of the molecule is CCCCCCCCc1ccc(-c2ccc(CCCCC)cc2)nc1. The van der Waals surface area contributed by atoms with E-state index >= 15 is 0 Å². The molecule has 1 aromatic carbocycles. The summed E-state index contributed by atoms with van der Waals surface area (Å²) in [5.74, 6) is 0. The Morgan fingerprint density at radius 3 is 1.84 bits per heavy atom. The smallest absolute Gasteiger partial charge is 0.0702 e. The molecule has 0 aliphatic heterocycles. The summed E-state index contributed by atoms with van der Waals surface area (Å²) in [6.07, 6.45) is 16.4. The number of pyridine rings is 1. The van der Waals surface area contributed by atoms with Crippen LogP contribution in [0.2, 0.25) is 0 Å². The standard InChI is InChI=1S/C24H35N/c1-3-5-7-8-9-11-13-22-16-19-24(25-20-22)23-17-14-21(15-18-23)12-10-6-4-2/h14-20H,3-13H2,1-2H3. The number of aromatic nitrogens is 1. The molecule has 2 aromatic rings. The van der Waals surface area contributed by atoms with Gasteiger partial charge in [0.1, 0.15) is 0 Å². The first-order chi connectivity index (χ1) is 12.3. The third-order valence-corrected chi connectivity index (χ3v) is 4.96. The van der Waals surface area contributed by atoms with Gasteiger partial charge in [-0.15, -0.1) is 0 Å². The molecule has 0 radical (unpaired) electrons. The molecule has 25 heavy (non-hydrogen) atoms. The average molecular weight is 338 g/mol. The highest BCUT2D eigenvalue weighted by Crippen LogP contribution is 2.19. The summed E-state index contributed by atoms with van der Waals surface area (Å²) in [6.45, 7) is 4.53. The Hall–Kier alpha value is -1.63. The summed E-state index contributed by atoms with van der Waals surface area (Å²) in [5.41, 5.74) is 5.13. The first-order valence-corrected chi connectivity index (χ1v) is 10.4. The zero-order chi connectivity index (χ0) is 17.7. The van der Waals surface area contributed by atoms with E-state index in [0.717, 1.165) is 12.1 Å². The number of rotatable bonds is 12. The summed E-state index contributed by atoms with van der Waals surface area (Å²) in [4.78, 5) is 4.68. The van der Waals surface area contributed by atoms with Gasteiger partial charge < -0.3 is 0 Å². The molecule has 1 aromatic heterocycles. The van der Waals surface area contributed by atoms with E-state index in [-0.39, 0.29) is 0 Å². The van der Waals surface area contributed by atoms with E-state index in [0.29, 0.717) is 0 Å². The van der Waals surface area contributed by atoms with Crippen molar-refractivity contribution >= 4 is 0 Å². The maximum absolute atomic E-state index is 4.68. The van der Waals surface area contributed by atoms with E-state index in [1.165, 1.54) is 80.9 Å². The van der Waals surface area contributed by atoms with Crippen LogP contribution in [0, 0.1) is 0 Å². The number of benzene rings is 1. The normalized spacial score (nSPS) is 11.0. The van der Waals surface area contributed by atoms with Gasteiger partial charge in [-0.2, -0.15) is 0 Å². The Bertz CT molecular complexity index is 568. The summed E-state index contributed by atoms with van der Waals surface area (Å²) in [5, 5.41) is 0. The number of nitrogens with zero attached hydrogens (tertiary/aromatic N) is 1. The predicted molar refractivity (Wildman–Crippen MR) is 110 cm³/mol. The van der Waals surface area contributed by atoms with Crippen LogP contribution in [-0.2, 0) is 12.8 Å². The van der Waals surface area contributed by atoms with Crippen molar-refractivity contribution < 1.29 is 0 Å². The van der Waals surface area contributed by atoms with Crippen LogP contribution in [0.25, 0.3) is 11.3 Å². The molecule has 0 saturated carbocycles. The molecule has 0 fully saturated rings. The lowest BCUT2D eigenvalue weighted by molar-refractivity contribution is 0.607. The van der Waals surface area contributed by atoms with Crippen LogP contribution in [0.3, 0.4) is 0 Å². The van der Waals surface area contributed by atoms with Crippen LogP contribution < -0.4 is 0 Å². The molecule has 0 aliphatic rings. The Labute approximate surface area is 154 Å². The van der Waals surface area contributed by atoms with Crippen LogP contribution in [0.5, 0.6) is 0 Å². The fourth-order valence-corrected chi connectivity index (χ4v) is 3.27. The van der Waals surface area contributed by atoms with Gasteiger partial charge in [0.25, 0.3) is 0 Å². The Morgan fingerprint density at radius 1 is 0.600 bits per heavy atom. The van der Waals surface area contributed by atoms with Crippen LogP contribution in [0.15, 0.2) is 42.6 Å². The first kappa shape index (κ1) is 19.7. The van der Waals surface area contributed by atoms with E-state index in [4.69, 9.17) is 0 Å². The number of aryl methyl sites for hydroxylation is 2. The third kappa shape index (κ3) is 7.42. The van der Waals surface area contributed by atoms with Crippen molar-refractivity contribution in [3.63, 3.8) is 0 Å². The van der Waals surface area contributed by atoms with Gasteiger partial charge in [0.05, 0.1) is 5.69 Å². The van der Waals surface area contributed by atoms with Crippen molar-refractivity contribution in [1.82, 2.24) is 4.98 Å². The first-order valence-electron chi connectivity index (χ1n) is 10.4. The summed E-state index contributed by atoms with van der Waals surface area (Å²) in [7, 11) is 0. The zero-order valence-electron chi connectivity index (χ0n) is 16.3. The van der Waals surface area contributed by atoms with E-state index < -0.39 is 0 Å². The lowest BCUT2D eigenvalue weighted by Gasteiger charge is -2.06. The van der Waals surface area contributed by atoms with Gasteiger partial charge in [-0.3, -0.25) is 4.98 Å². The minimum atomic E-state index is 1.09. The van der Waals surface area contributed by atoms with Crippen molar-refractivity contribution in [2.75, 3.05) is 0 Å². The third-order valence-electron chi connectivity index (χ3n) is 4.96. The molecule has 0 atom stereocenters. The summed E-state index contributed by atoms with van der Waals surface area (Å²) in [6, 6.07) is 13.4. The van der Waals surface area contributed by atoms with Crippen LogP contribution in [0.1, 0.15) is 82.8 Å². The van der Waals surface area contributed by atoms with E-state index in [9.17, 15) is 0 Å². The molecular weight excluding hydrogens is 302 g/mol. The highest BCUT2D eigenvalue weighted by molar-refractivity contribution is 5.59. The van der Waals surface area contributed by atoms with Gasteiger partial charge in [0, 0.05) is 11.8 Å². The second kappa shape index (κ2) is 11.8. The maximum atomic E-state index is 4.68. The van der Waals surface area contributed by atoms with Gasteiger partial charge in [0.15, 0.2) is 0 Å².